The lowest BCUT2D eigenvalue weighted by atomic mass is 10.1. The number of carbonyl (C=O) groups is 1. The lowest BCUT2D eigenvalue weighted by Crippen LogP contribution is -2.48. The van der Waals surface area contributed by atoms with Crippen LogP contribution >= 0.6 is 0 Å². The van der Waals surface area contributed by atoms with E-state index >= 15 is 0 Å². The van der Waals surface area contributed by atoms with E-state index in [0.717, 1.165) is 24.9 Å². The maximum atomic E-state index is 11.9. The monoisotopic (exact) mass is 333 g/mol. The Labute approximate surface area is 135 Å². The van der Waals surface area contributed by atoms with Crippen molar-refractivity contribution in [2.24, 2.45) is 0 Å². The van der Waals surface area contributed by atoms with Crippen molar-refractivity contribution >= 4 is 22.9 Å². The van der Waals surface area contributed by atoms with Crippen LogP contribution in [0.3, 0.4) is 0 Å². The number of rotatable bonds is 5. The van der Waals surface area contributed by atoms with Crippen LogP contribution in [0.5, 0.6) is 0 Å². The number of nitrogens with one attached hydrogen (secondary N) is 2. The molecule has 0 saturated carbocycles. The van der Waals surface area contributed by atoms with Crippen LogP contribution in [0, 0.1) is 10.1 Å². The van der Waals surface area contributed by atoms with E-state index in [0.29, 0.717) is 18.0 Å². The maximum absolute atomic E-state index is 11.9. The fourth-order valence-electron chi connectivity index (χ4n) is 2.68. The van der Waals surface area contributed by atoms with Gasteiger partial charge in [-0.25, -0.2) is 15.0 Å². The summed E-state index contributed by atoms with van der Waals surface area (Å²) in [5.41, 5.74) is 1.30. The first-order chi connectivity index (χ1) is 11.5. The number of hydrogen-bond donors (Lipinski definition) is 2. The second-order valence-corrected chi connectivity index (χ2v) is 5.30. The summed E-state index contributed by atoms with van der Waals surface area (Å²) in [4.78, 5) is 43.7. The van der Waals surface area contributed by atoms with Crippen LogP contribution in [-0.2, 0) is 9.63 Å². The van der Waals surface area contributed by atoms with Gasteiger partial charge in [0.2, 0.25) is 0 Å². The van der Waals surface area contributed by atoms with Gasteiger partial charge >= 0.3 is 0 Å². The molecule has 24 heavy (non-hydrogen) atoms. The number of aromatic amines is 1. The molecule has 2 aromatic heterocycles. The fourth-order valence-corrected chi connectivity index (χ4v) is 2.68. The second kappa shape index (κ2) is 6.48. The molecule has 2 aromatic rings. The van der Waals surface area contributed by atoms with Gasteiger partial charge in [0.05, 0.1) is 6.33 Å². The Hall–Kier alpha value is -3.24. The van der Waals surface area contributed by atoms with Gasteiger partial charge < -0.3 is 15.2 Å². The second-order valence-electron chi connectivity index (χ2n) is 5.30. The molecule has 1 saturated heterocycles. The van der Waals surface area contributed by atoms with Crippen LogP contribution in [0.1, 0.15) is 12.8 Å². The molecule has 3 rings (SSSR count). The van der Waals surface area contributed by atoms with Crippen LogP contribution in [-0.4, -0.2) is 50.1 Å². The molecule has 1 amide bonds. The average molecular weight is 333 g/mol. The largest absolute Gasteiger partial charge is 0.353 e. The smallest absolute Gasteiger partial charge is 0.299 e. The van der Waals surface area contributed by atoms with Gasteiger partial charge in [-0.15, -0.1) is 10.1 Å². The molecule has 0 aliphatic carbocycles. The van der Waals surface area contributed by atoms with Gasteiger partial charge in [-0.1, -0.05) is 6.58 Å². The number of piperidine rings is 1. The van der Waals surface area contributed by atoms with E-state index in [2.05, 4.69) is 36.7 Å². The SMILES string of the molecule is C=C(O[N+](=O)[O-])C(=O)N[C@@H]1CCCN(c2ncnc3nc[nH]c23)C1. The fraction of sp³-hybridized carbons (Fsp3) is 0.385. The third-order valence-corrected chi connectivity index (χ3v) is 3.70. The number of fused-ring (bicyclic) bond motifs is 1. The molecule has 1 aliphatic rings. The van der Waals surface area contributed by atoms with E-state index in [1.165, 1.54) is 6.33 Å². The van der Waals surface area contributed by atoms with Crippen LogP contribution in [0.2, 0.25) is 0 Å². The van der Waals surface area contributed by atoms with Crippen LogP contribution in [0.4, 0.5) is 5.82 Å². The highest BCUT2D eigenvalue weighted by molar-refractivity contribution is 5.91. The Morgan fingerprint density at radius 1 is 1.50 bits per heavy atom. The third-order valence-electron chi connectivity index (χ3n) is 3.70. The summed E-state index contributed by atoms with van der Waals surface area (Å²) >= 11 is 0. The first-order valence-electron chi connectivity index (χ1n) is 7.25. The molecule has 2 N–H and O–H groups in total. The summed E-state index contributed by atoms with van der Waals surface area (Å²) in [5, 5.41) is 11.9. The Morgan fingerprint density at radius 3 is 3.12 bits per heavy atom. The van der Waals surface area contributed by atoms with E-state index in [1.54, 1.807) is 6.33 Å². The van der Waals surface area contributed by atoms with Gasteiger partial charge in [-0.3, -0.25) is 9.63 Å². The highest BCUT2D eigenvalue weighted by Gasteiger charge is 2.25. The van der Waals surface area contributed by atoms with Crippen molar-refractivity contribution in [3.63, 3.8) is 0 Å². The predicted octanol–water partition coefficient (Wildman–Crippen LogP) is 0.160. The highest BCUT2D eigenvalue weighted by Crippen LogP contribution is 2.23. The number of aromatic nitrogens is 4. The van der Waals surface area contributed by atoms with E-state index < -0.39 is 16.8 Å². The number of carbonyl (C=O) groups excluding carboxylic acids is 1. The zero-order valence-electron chi connectivity index (χ0n) is 12.6. The van der Waals surface area contributed by atoms with Crippen molar-refractivity contribution in [1.29, 1.82) is 0 Å². The van der Waals surface area contributed by atoms with E-state index in [-0.39, 0.29) is 6.04 Å². The first-order valence-corrected chi connectivity index (χ1v) is 7.25. The number of amides is 1. The number of H-pyrrole nitrogens is 1. The summed E-state index contributed by atoms with van der Waals surface area (Å²) < 4.78 is 0. The highest BCUT2D eigenvalue weighted by atomic mass is 17.0. The summed E-state index contributed by atoms with van der Waals surface area (Å²) in [6.07, 6.45) is 4.55. The van der Waals surface area contributed by atoms with Gasteiger partial charge in [0, 0.05) is 19.1 Å². The van der Waals surface area contributed by atoms with E-state index in [1.807, 2.05) is 4.90 Å². The minimum atomic E-state index is -1.06. The quantitative estimate of drug-likeness (QED) is 0.341. The summed E-state index contributed by atoms with van der Waals surface area (Å²) in [6.45, 7) is 4.52. The van der Waals surface area contributed by atoms with Crippen LogP contribution in [0.25, 0.3) is 11.2 Å². The molecule has 0 unspecified atom stereocenters. The van der Waals surface area contributed by atoms with Gasteiger partial charge in [-0.2, -0.15) is 0 Å². The average Bonchev–Trinajstić information content (AvgIpc) is 3.03. The van der Waals surface area contributed by atoms with Crippen LogP contribution < -0.4 is 10.2 Å². The summed E-state index contributed by atoms with van der Waals surface area (Å²) in [7, 11) is 0. The standard InChI is InChI=1S/C13H15N7O4/c1-8(24-20(22)23)13(21)18-9-3-2-4-19(5-9)12-10-11(15-6-14-10)16-7-17-12/h6-7,9H,1-5H2,(H,18,21)(H,14,15,16,17)/t9-/m1/s1. The lowest BCUT2D eigenvalue weighted by molar-refractivity contribution is -0.741. The molecule has 0 spiro atoms. The lowest BCUT2D eigenvalue weighted by Gasteiger charge is -2.33. The first kappa shape index (κ1) is 15.6. The molecule has 11 nitrogen and oxygen atoms in total. The van der Waals surface area contributed by atoms with Crippen molar-refractivity contribution in [2.75, 3.05) is 18.0 Å². The molecule has 0 radical (unpaired) electrons. The molecule has 0 aromatic carbocycles. The number of hydrogen-bond acceptors (Lipinski definition) is 8. The van der Waals surface area contributed by atoms with Crippen molar-refractivity contribution < 1.29 is 14.7 Å². The number of imidazole rings is 1. The third kappa shape index (κ3) is 3.24. The molecule has 11 heteroatoms. The van der Waals surface area contributed by atoms with E-state index in [4.69, 9.17) is 0 Å². The van der Waals surface area contributed by atoms with Gasteiger partial charge in [0.1, 0.15) is 11.8 Å². The van der Waals surface area contributed by atoms with Crippen molar-refractivity contribution in [1.82, 2.24) is 25.3 Å². The normalized spacial score (nSPS) is 17.5. The van der Waals surface area contributed by atoms with E-state index in [9.17, 15) is 14.9 Å². The Morgan fingerprint density at radius 2 is 2.33 bits per heavy atom. The van der Waals surface area contributed by atoms with Crippen molar-refractivity contribution in [2.45, 2.75) is 18.9 Å². The topological polar surface area (TPSA) is 139 Å². The Bertz CT molecular complexity index is 789. The maximum Gasteiger partial charge on any atom is 0.299 e. The minimum absolute atomic E-state index is 0.203. The van der Waals surface area contributed by atoms with Crippen molar-refractivity contribution in [3.8, 4) is 0 Å². The Balaban J connectivity index is 1.68. The number of nitrogens with zero attached hydrogens (tertiary/aromatic N) is 5. The number of anilines is 1. The Kier molecular flexibility index (Phi) is 4.22. The molecule has 1 fully saturated rings. The molecular weight excluding hydrogens is 318 g/mol. The molecule has 3 heterocycles. The molecular formula is C13H15N7O4. The summed E-state index contributed by atoms with van der Waals surface area (Å²) in [5.74, 6) is -0.542. The summed E-state index contributed by atoms with van der Waals surface area (Å²) in [6, 6.07) is -0.203. The molecule has 126 valence electrons. The zero-order valence-corrected chi connectivity index (χ0v) is 12.6. The predicted molar refractivity (Wildman–Crippen MR) is 82.3 cm³/mol. The molecule has 1 atom stereocenters. The zero-order chi connectivity index (χ0) is 17.1. The minimum Gasteiger partial charge on any atom is -0.353 e. The van der Waals surface area contributed by atoms with Crippen LogP contribution in [0.15, 0.2) is 25.0 Å². The van der Waals surface area contributed by atoms with Gasteiger partial charge in [-0.05, 0) is 12.8 Å². The molecule has 1 aliphatic heterocycles. The van der Waals surface area contributed by atoms with Gasteiger partial charge in [0.25, 0.3) is 11.0 Å². The van der Waals surface area contributed by atoms with Gasteiger partial charge in [0.15, 0.2) is 17.2 Å². The molecule has 0 bridgehead atoms. The van der Waals surface area contributed by atoms with Crippen molar-refractivity contribution in [3.05, 3.63) is 35.1 Å².